The number of amides is 2. The van der Waals surface area contributed by atoms with Crippen LogP contribution in [0.15, 0.2) is 83.6 Å². The molecular formula is C39H46N2O8S2. The standard InChI is InChI=1S/C20H23NO4S.C18H19NO4S.CH4/c1-2-24-19(22)17-12-18(26-14-17)16-8-10-21(11-9-16)20(23)25-13-15-6-4-3-5-7-15;20-17(21)15-10-16(24-12-15)14-6-8-19(9-7-14)18(22)23-11-13-4-2-1-3-5-13;/h3-7,12,14,16H,2,8-11,13H2,1H3;1-5,10,12,14H,6-9,11H2,(H,20,21);1H4. The molecule has 0 saturated carbocycles. The van der Waals surface area contributed by atoms with Crippen molar-refractivity contribution < 1.29 is 38.5 Å². The molecule has 2 aromatic heterocycles. The number of piperidine rings is 2. The molecule has 6 rings (SSSR count). The number of benzene rings is 2. The minimum Gasteiger partial charge on any atom is -0.478 e. The second-order valence-corrected chi connectivity index (χ2v) is 14.0. The number of carbonyl (C=O) groups is 4. The van der Waals surface area contributed by atoms with E-state index in [-0.39, 0.29) is 32.2 Å². The van der Waals surface area contributed by atoms with Crippen molar-refractivity contribution in [2.75, 3.05) is 32.8 Å². The molecule has 0 unspecified atom stereocenters. The second-order valence-electron chi connectivity index (χ2n) is 12.1. The number of hydrogen-bond acceptors (Lipinski definition) is 9. The summed E-state index contributed by atoms with van der Waals surface area (Å²) in [5.74, 6) is -0.459. The Kier molecular flexibility index (Phi) is 15.1. The molecule has 272 valence electrons. The number of aromatic carboxylic acids is 1. The number of carbonyl (C=O) groups excluding carboxylic acids is 3. The lowest BCUT2D eigenvalue weighted by atomic mass is 9.95. The maximum Gasteiger partial charge on any atom is 0.410 e. The third kappa shape index (κ3) is 11.4. The zero-order valence-electron chi connectivity index (χ0n) is 28.0. The number of rotatable bonds is 9. The molecule has 12 heteroatoms. The van der Waals surface area contributed by atoms with Gasteiger partial charge < -0.3 is 29.1 Å². The average Bonchev–Trinajstić information content (AvgIpc) is 3.86. The van der Waals surface area contributed by atoms with Crippen LogP contribution in [0.2, 0.25) is 0 Å². The van der Waals surface area contributed by atoms with Crippen molar-refractivity contribution in [1.82, 2.24) is 9.80 Å². The van der Waals surface area contributed by atoms with Crippen LogP contribution < -0.4 is 0 Å². The molecular weight excluding hydrogens is 689 g/mol. The van der Waals surface area contributed by atoms with Gasteiger partial charge in [0, 0.05) is 46.7 Å². The van der Waals surface area contributed by atoms with Crippen LogP contribution in [0.25, 0.3) is 0 Å². The number of esters is 1. The summed E-state index contributed by atoms with van der Waals surface area (Å²) in [7, 11) is 0. The molecule has 4 heterocycles. The number of carboxylic acid groups (broad SMARTS) is 1. The zero-order valence-corrected chi connectivity index (χ0v) is 29.7. The molecule has 2 aliphatic rings. The molecule has 0 atom stereocenters. The van der Waals surface area contributed by atoms with Crippen LogP contribution >= 0.6 is 22.7 Å². The second kappa shape index (κ2) is 19.6. The van der Waals surface area contributed by atoms with Gasteiger partial charge in [-0.2, -0.15) is 0 Å². The topological polar surface area (TPSA) is 123 Å². The van der Waals surface area contributed by atoms with E-state index < -0.39 is 5.97 Å². The molecule has 2 amide bonds. The Morgan fingerprint density at radius 1 is 0.667 bits per heavy atom. The molecule has 4 aromatic rings. The lowest BCUT2D eigenvalue weighted by molar-refractivity contribution is 0.0526. The predicted molar refractivity (Wildman–Crippen MR) is 199 cm³/mol. The molecule has 10 nitrogen and oxygen atoms in total. The number of likely N-dealkylation sites (tertiary alicyclic amines) is 2. The number of ether oxygens (including phenoxy) is 3. The first kappa shape index (κ1) is 39.1. The summed E-state index contributed by atoms with van der Waals surface area (Å²) >= 11 is 3.08. The Morgan fingerprint density at radius 2 is 1.08 bits per heavy atom. The first-order chi connectivity index (χ1) is 24.3. The van der Waals surface area contributed by atoms with Gasteiger partial charge in [0.05, 0.1) is 17.7 Å². The highest BCUT2D eigenvalue weighted by Gasteiger charge is 2.27. The van der Waals surface area contributed by atoms with Crippen molar-refractivity contribution in [3.8, 4) is 0 Å². The van der Waals surface area contributed by atoms with Gasteiger partial charge in [-0.15, -0.1) is 22.7 Å². The average molecular weight is 735 g/mol. The fraction of sp³-hybridized carbons (Fsp3) is 0.385. The van der Waals surface area contributed by atoms with Crippen molar-refractivity contribution in [1.29, 1.82) is 0 Å². The van der Waals surface area contributed by atoms with Gasteiger partial charge in [0.2, 0.25) is 0 Å². The van der Waals surface area contributed by atoms with E-state index in [1.165, 1.54) is 16.2 Å². The zero-order chi connectivity index (χ0) is 35.3. The summed E-state index contributed by atoms with van der Waals surface area (Å²) in [5.41, 5.74) is 2.93. The van der Waals surface area contributed by atoms with E-state index in [4.69, 9.17) is 19.3 Å². The highest BCUT2D eigenvalue weighted by molar-refractivity contribution is 7.10. The summed E-state index contributed by atoms with van der Waals surface area (Å²) in [6.07, 6.45) is 2.88. The van der Waals surface area contributed by atoms with Gasteiger partial charge in [-0.25, -0.2) is 19.2 Å². The van der Waals surface area contributed by atoms with Gasteiger partial charge >= 0.3 is 24.1 Å². The number of carboxylic acids is 1. The van der Waals surface area contributed by atoms with Crippen LogP contribution in [0.1, 0.15) is 93.5 Å². The minimum absolute atomic E-state index is 0. The van der Waals surface area contributed by atoms with E-state index in [1.54, 1.807) is 39.5 Å². The van der Waals surface area contributed by atoms with Crippen LogP contribution in [-0.2, 0) is 27.4 Å². The van der Waals surface area contributed by atoms with E-state index in [0.29, 0.717) is 62.4 Å². The summed E-state index contributed by atoms with van der Waals surface area (Å²) in [4.78, 5) is 52.9. The highest BCUT2D eigenvalue weighted by atomic mass is 32.1. The van der Waals surface area contributed by atoms with Gasteiger partial charge in [0.15, 0.2) is 0 Å². The third-order valence-corrected chi connectivity index (χ3v) is 10.9. The Labute approximate surface area is 307 Å². The molecule has 51 heavy (non-hydrogen) atoms. The molecule has 1 N–H and O–H groups in total. The molecule has 0 spiro atoms. The molecule has 0 aliphatic carbocycles. The van der Waals surface area contributed by atoms with Gasteiger partial charge in [-0.05, 0) is 67.7 Å². The summed E-state index contributed by atoms with van der Waals surface area (Å²) in [5, 5.41) is 12.5. The summed E-state index contributed by atoms with van der Waals surface area (Å²) in [6, 6.07) is 23.0. The van der Waals surface area contributed by atoms with Gasteiger partial charge in [0.1, 0.15) is 13.2 Å². The Hall–Kier alpha value is -4.68. The van der Waals surface area contributed by atoms with Crippen molar-refractivity contribution in [2.24, 2.45) is 0 Å². The lowest BCUT2D eigenvalue weighted by Gasteiger charge is -2.30. The van der Waals surface area contributed by atoms with E-state index >= 15 is 0 Å². The predicted octanol–water partition coefficient (Wildman–Crippen LogP) is 9.04. The fourth-order valence-electron chi connectivity index (χ4n) is 5.88. The summed E-state index contributed by atoms with van der Waals surface area (Å²) in [6.45, 7) is 5.39. The van der Waals surface area contributed by atoms with Crippen molar-refractivity contribution >= 4 is 46.8 Å². The quantitative estimate of drug-likeness (QED) is 0.134. The van der Waals surface area contributed by atoms with Gasteiger partial charge in [-0.3, -0.25) is 0 Å². The maximum absolute atomic E-state index is 12.2. The van der Waals surface area contributed by atoms with E-state index in [9.17, 15) is 19.2 Å². The molecule has 0 bridgehead atoms. The normalized spacial score (nSPS) is 14.8. The van der Waals surface area contributed by atoms with E-state index in [1.807, 2.05) is 72.1 Å². The lowest BCUT2D eigenvalue weighted by Crippen LogP contribution is -2.38. The Balaban J connectivity index is 0.000000225. The molecule has 2 aliphatic heterocycles. The molecule has 2 saturated heterocycles. The third-order valence-electron chi connectivity index (χ3n) is 8.72. The van der Waals surface area contributed by atoms with E-state index in [2.05, 4.69) is 0 Å². The maximum atomic E-state index is 12.2. The molecule has 0 radical (unpaired) electrons. The highest BCUT2D eigenvalue weighted by Crippen LogP contribution is 2.34. The monoisotopic (exact) mass is 734 g/mol. The molecule has 2 aromatic carbocycles. The van der Waals surface area contributed by atoms with Crippen molar-refractivity contribution in [3.63, 3.8) is 0 Å². The van der Waals surface area contributed by atoms with E-state index in [0.717, 1.165) is 41.7 Å². The number of thiophene rings is 2. The van der Waals surface area contributed by atoms with Crippen LogP contribution in [-0.4, -0.2) is 71.8 Å². The van der Waals surface area contributed by atoms with Crippen LogP contribution in [0, 0.1) is 0 Å². The summed E-state index contributed by atoms with van der Waals surface area (Å²) < 4.78 is 15.8. The Morgan fingerprint density at radius 3 is 1.47 bits per heavy atom. The SMILES string of the molecule is C.CCOC(=O)c1csc(C2CCN(C(=O)OCc3ccccc3)CC2)c1.O=C(O)c1csc(C2CCN(C(=O)OCc3ccccc3)CC2)c1. The largest absolute Gasteiger partial charge is 0.478 e. The van der Waals surface area contributed by atoms with Crippen LogP contribution in [0.3, 0.4) is 0 Å². The fourth-order valence-corrected chi connectivity index (χ4v) is 7.99. The first-order valence-corrected chi connectivity index (χ1v) is 18.5. The Bertz CT molecular complexity index is 1690. The van der Waals surface area contributed by atoms with Gasteiger partial charge in [0.25, 0.3) is 0 Å². The van der Waals surface area contributed by atoms with Gasteiger partial charge in [-0.1, -0.05) is 68.1 Å². The number of nitrogens with zero attached hydrogens (tertiary/aromatic N) is 2. The number of hydrogen-bond donors (Lipinski definition) is 1. The van der Waals surface area contributed by atoms with Crippen LogP contribution in [0.5, 0.6) is 0 Å². The first-order valence-electron chi connectivity index (χ1n) is 16.8. The van der Waals surface area contributed by atoms with Crippen molar-refractivity contribution in [3.05, 3.63) is 116 Å². The van der Waals surface area contributed by atoms with Crippen molar-refractivity contribution in [2.45, 2.75) is 65.1 Å². The minimum atomic E-state index is -0.889. The molecule has 2 fully saturated rings. The smallest absolute Gasteiger partial charge is 0.410 e. The van der Waals surface area contributed by atoms with Crippen LogP contribution in [0.4, 0.5) is 9.59 Å².